The fourth-order valence-electron chi connectivity index (χ4n) is 2.16. The van der Waals surface area contributed by atoms with Gasteiger partial charge in [-0.25, -0.2) is 0 Å². The second-order valence-corrected chi connectivity index (χ2v) is 5.22. The van der Waals surface area contributed by atoms with Gasteiger partial charge in [-0.3, -0.25) is 14.9 Å². The van der Waals surface area contributed by atoms with Crippen LogP contribution in [0.1, 0.15) is 25.3 Å². The van der Waals surface area contributed by atoms with Gasteiger partial charge >= 0.3 is 0 Å². The minimum absolute atomic E-state index is 0.200. The van der Waals surface area contributed by atoms with Crippen molar-refractivity contribution in [1.82, 2.24) is 5.32 Å². The molecule has 1 heterocycles. The van der Waals surface area contributed by atoms with Gasteiger partial charge in [-0.05, 0) is 11.6 Å². The first-order chi connectivity index (χ1) is 7.51. The molecule has 1 aromatic carbocycles. The van der Waals surface area contributed by atoms with Crippen LogP contribution < -0.4 is 5.32 Å². The van der Waals surface area contributed by atoms with E-state index in [1.165, 1.54) is 0 Å². The highest BCUT2D eigenvalue weighted by Gasteiger charge is 2.37. The lowest BCUT2D eigenvalue weighted by Crippen LogP contribution is -2.45. The average molecular weight is 282 g/mol. The van der Waals surface area contributed by atoms with Gasteiger partial charge < -0.3 is 0 Å². The summed E-state index contributed by atoms with van der Waals surface area (Å²) in [5, 5.41) is 2.33. The van der Waals surface area contributed by atoms with Crippen molar-refractivity contribution in [2.45, 2.75) is 25.2 Å². The summed E-state index contributed by atoms with van der Waals surface area (Å²) in [4.78, 5) is 22.9. The first-order valence-electron chi connectivity index (χ1n) is 5.09. The number of rotatable bonds is 1. The number of nitrogens with one attached hydrogen (secondary N) is 1. The quantitative estimate of drug-likeness (QED) is 0.802. The van der Waals surface area contributed by atoms with Gasteiger partial charge in [-0.1, -0.05) is 41.1 Å². The molecule has 1 N–H and O–H groups in total. The molecular weight excluding hydrogens is 270 g/mol. The number of benzene rings is 1. The molecule has 2 amide bonds. The summed E-state index contributed by atoms with van der Waals surface area (Å²) < 4.78 is 0.944. The highest BCUT2D eigenvalue weighted by atomic mass is 79.9. The standard InChI is InChI=1S/C12H12BrNO2/c1-12(6-10(15)14-11(16)7-12)8-4-2-3-5-9(8)13/h2-5H,6-7H2,1H3,(H,14,15,16). The van der Waals surface area contributed by atoms with Gasteiger partial charge in [-0.2, -0.15) is 0 Å². The van der Waals surface area contributed by atoms with Crippen molar-refractivity contribution in [3.8, 4) is 0 Å². The third-order valence-corrected chi connectivity index (χ3v) is 3.60. The molecule has 0 aliphatic carbocycles. The Morgan fingerprint density at radius 2 is 1.75 bits per heavy atom. The van der Waals surface area contributed by atoms with E-state index in [1.807, 2.05) is 31.2 Å². The van der Waals surface area contributed by atoms with Crippen LogP contribution in [0.5, 0.6) is 0 Å². The molecule has 1 aromatic rings. The van der Waals surface area contributed by atoms with E-state index in [0.717, 1.165) is 10.0 Å². The maximum atomic E-state index is 11.4. The SMILES string of the molecule is CC1(c2ccccc2Br)CC(=O)NC(=O)C1. The van der Waals surface area contributed by atoms with Crippen LogP contribution in [0.3, 0.4) is 0 Å². The van der Waals surface area contributed by atoms with Crippen molar-refractivity contribution >= 4 is 27.7 Å². The largest absolute Gasteiger partial charge is 0.296 e. The summed E-state index contributed by atoms with van der Waals surface area (Å²) >= 11 is 3.46. The molecule has 0 unspecified atom stereocenters. The molecular formula is C12H12BrNO2. The van der Waals surface area contributed by atoms with Gasteiger partial charge in [0.25, 0.3) is 0 Å². The van der Waals surface area contributed by atoms with E-state index in [1.54, 1.807) is 0 Å². The van der Waals surface area contributed by atoms with Gasteiger partial charge in [0.05, 0.1) is 0 Å². The van der Waals surface area contributed by atoms with Gasteiger partial charge in [-0.15, -0.1) is 0 Å². The minimum atomic E-state index is -0.403. The molecule has 84 valence electrons. The third kappa shape index (κ3) is 2.02. The molecule has 4 heteroatoms. The van der Waals surface area contributed by atoms with E-state index in [-0.39, 0.29) is 11.8 Å². The van der Waals surface area contributed by atoms with Crippen LogP contribution in [0.2, 0.25) is 0 Å². The molecule has 2 rings (SSSR count). The number of piperidine rings is 1. The molecule has 0 aromatic heterocycles. The van der Waals surface area contributed by atoms with E-state index in [2.05, 4.69) is 21.2 Å². The normalized spacial score (nSPS) is 19.4. The van der Waals surface area contributed by atoms with Crippen molar-refractivity contribution in [2.75, 3.05) is 0 Å². The van der Waals surface area contributed by atoms with E-state index in [9.17, 15) is 9.59 Å². The maximum absolute atomic E-state index is 11.4. The van der Waals surface area contributed by atoms with Crippen molar-refractivity contribution < 1.29 is 9.59 Å². The summed E-state index contributed by atoms with van der Waals surface area (Å²) in [6.07, 6.45) is 0.697. The van der Waals surface area contributed by atoms with E-state index in [0.29, 0.717) is 12.8 Å². The van der Waals surface area contributed by atoms with Crippen molar-refractivity contribution in [3.63, 3.8) is 0 Å². The predicted octanol–water partition coefficient (Wildman–Crippen LogP) is 2.14. The van der Waals surface area contributed by atoms with Gasteiger partial charge in [0.15, 0.2) is 0 Å². The Labute approximate surface area is 102 Å². The monoisotopic (exact) mass is 281 g/mol. The molecule has 1 aliphatic heterocycles. The first-order valence-corrected chi connectivity index (χ1v) is 5.88. The lowest BCUT2D eigenvalue weighted by Gasteiger charge is -2.33. The van der Waals surface area contributed by atoms with E-state index >= 15 is 0 Å². The predicted molar refractivity (Wildman–Crippen MR) is 63.9 cm³/mol. The molecule has 0 saturated carbocycles. The summed E-state index contributed by atoms with van der Waals surface area (Å²) in [6, 6.07) is 7.72. The van der Waals surface area contributed by atoms with Crippen LogP contribution in [0.25, 0.3) is 0 Å². The number of carbonyl (C=O) groups excluding carboxylic acids is 2. The number of hydrogen-bond donors (Lipinski definition) is 1. The van der Waals surface area contributed by atoms with Gasteiger partial charge in [0.2, 0.25) is 11.8 Å². The zero-order valence-corrected chi connectivity index (χ0v) is 10.5. The van der Waals surface area contributed by atoms with Crippen molar-refractivity contribution in [3.05, 3.63) is 34.3 Å². The molecule has 1 saturated heterocycles. The summed E-state index contributed by atoms with van der Waals surface area (Å²) in [7, 11) is 0. The highest BCUT2D eigenvalue weighted by molar-refractivity contribution is 9.10. The molecule has 16 heavy (non-hydrogen) atoms. The summed E-state index contributed by atoms with van der Waals surface area (Å²) in [6.45, 7) is 1.95. The molecule has 0 bridgehead atoms. The van der Waals surface area contributed by atoms with Gasteiger partial charge in [0.1, 0.15) is 0 Å². The molecule has 0 radical (unpaired) electrons. The van der Waals surface area contributed by atoms with Crippen LogP contribution >= 0.6 is 15.9 Å². The van der Waals surface area contributed by atoms with E-state index < -0.39 is 5.41 Å². The van der Waals surface area contributed by atoms with E-state index in [4.69, 9.17) is 0 Å². The fraction of sp³-hybridized carbons (Fsp3) is 0.333. The van der Waals surface area contributed by atoms with Crippen LogP contribution in [-0.4, -0.2) is 11.8 Å². The molecule has 1 fully saturated rings. The number of hydrogen-bond acceptors (Lipinski definition) is 2. The van der Waals surface area contributed by atoms with Crippen LogP contribution in [0, 0.1) is 0 Å². The Kier molecular flexibility index (Phi) is 2.84. The fourth-order valence-corrected chi connectivity index (χ4v) is 2.92. The van der Waals surface area contributed by atoms with Crippen molar-refractivity contribution in [2.24, 2.45) is 0 Å². The minimum Gasteiger partial charge on any atom is -0.296 e. The summed E-state index contributed by atoms with van der Waals surface area (Å²) in [5.41, 5.74) is 0.609. The second kappa shape index (κ2) is 4.01. The average Bonchev–Trinajstić information content (AvgIpc) is 2.15. The van der Waals surface area contributed by atoms with Crippen molar-refractivity contribution in [1.29, 1.82) is 0 Å². The number of imide groups is 1. The Morgan fingerprint density at radius 3 is 2.31 bits per heavy atom. The molecule has 0 atom stereocenters. The Hall–Kier alpha value is -1.16. The Morgan fingerprint density at radius 1 is 1.19 bits per heavy atom. The third-order valence-electron chi connectivity index (χ3n) is 2.90. The number of halogens is 1. The van der Waals surface area contributed by atoms with Crippen LogP contribution in [0.15, 0.2) is 28.7 Å². The molecule has 1 aliphatic rings. The lowest BCUT2D eigenvalue weighted by molar-refractivity contribution is -0.135. The maximum Gasteiger partial charge on any atom is 0.227 e. The van der Waals surface area contributed by atoms with Gasteiger partial charge in [0, 0.05) is 22.7 Å². The van der Waals surface area contributed by atoms with Crippen LogP contribution in [-0.2, 0) is 15.0 Å². The Bertz CT molecular complexity index is 440. The smallest absolute Gasteiger partial charge is 0.227 e. The number of amides is 2. The number of carbonyl (C=O) groups is 2. The lowest BCUT2D eigenvalue weighted by atomic mass is 9.74. The van der Waals surface area contributed by atoms with Crippen LogP contribution in [0.4, 0.5) is 0 Å². The highest BCUT2D eigenvalue weighted by Crippen LogP contribution is 2.37. The first kappa shape index (κ1) is 11.3. The second-order valence-electron chi connectivity index (χ2n) is 4.37. The zero-order valence-electron chi connectivity index (χ0n) is 8.92. The Balaban J connectivity index is 2.42. The topological polar surface area (TPSA) is 46.2 Å². The zero-order chi connectivity index (χ0) is 11.8. The molecule has 3 nitrogen and oxygen atoms in total. The summed E-state index contributed by atoms with van der Waals surface area (Å²) in [5.74, 6) is -0.399. The molecule has 0 spiro atoms.